The molecule has 3 aromatic rings. The minimum absolute atomic E-state index is 0.0173. The van der Waals surface area contributed by atoms with Crippen LogP contribution in [-0.2, 0) is 6.18 Å². The summed E-state index contributed by atoms with van der Waals surface area (Å²) >= 11 is 0. The van der Waals surface area contributed by atoms with E-state index in [1.807, 2.05) is 0 Å². The van der Waals surface area contributed by atoms with Gasteiger partial charge in [-0.1, -0.05) is 18.2 Å². The molecule has 0 fully saturated rings. The zero-order valence-corrected chi connectivity index (χ0v) is 14.1. The molecule has 1 aromatic heterocycles. The number of pyridine rings is 1. The third-order valence-corrected chi connectivity index (χ3v) is 4.06. The van der Waals surface area contributed by atoms with E-state index in [4.69, 9.17) is 5.73 Å². The monoisotopic (exact) mass is 384 g/mol. The molecule has 0 aliphatic rings. The van der Waals surface area contributed by atoms with Crippen LogP contribution in [0.5, 0.6) is 0 Å². The number of nitro benzene ring substituents is 1. The topological polar surface area (TPSA) is 106 Å². The molecule has 140 valence electrons. The first-order valence-corrected chi connectivity index (χ1v) is 7.84. The summed E-state index contributed by atoms with van der Waals surface area (Å²) in [5, 5.41) is 20.2. The van der Waals surface area contributed by atoms with Gasteiger partial charge in [0.05, 0.1) is 16.2 Å². The number of hydrogen-bond acceptors (Lipinski definition) is 5. The van der Waals surface area contributed by atoms with E-state index in [1.54, 1.807) is 6.07 Å². The molecule has 2 N–H and O–H groups in total. The number of hydrogen-bond donors (Lipinski definition) is 1. The number of nitrogens with two attached hydrogens (primary N) is 1. The van der Waals surface area contributed by atoms with Gasteiger partial charge in [0.15, 0.2) is 0 Å². The van der Waals surface area contributed by atoms with Crippen LogP contribution >= 0.6 is 0 Å². The molecule has 3 rings (SSSR count). The third kappa shape index (κ3) is 3.48. The Hall–Kier alpha value is -3.93. The van der Waals surface area contributed by atoms with E-state index in [9.17, 15) is 28.5 Å². The molecule has 0 bridgehead atoms. The normalized spacial score (nSPS) is 11.1. The van der Waals surface area contributed by atoms with Gasteiger partial charge in [-0.15, -0.1) is 0 Å². The van der Waals surface area contributed by atoms with Gasteiger partial charge in [-0.3, -0.25) is 10.1 Å². The fourth-order valence-corrected chi connectivity index (χ4v) is 2.76. The molecule has 0 radical (unpaired) electrons. The highest BCUT2D eigenvalue weighted by molar-refractivity contribution is 5.82. The highest BCUT2D eigenvalue weighted by Gasteiger charge is 2.34. The van der Waals surface area contributed by atoms with Gasteiger partial charge >= 0.3 is 6.18 Å². The summed E-state index contributed by atoms with van der Waals surface area (Å²) in [5.74, 6) is -0.231. The van der Waals surface area contributed by atoms with Crippen LogP contribution < -0.4 is 5.73 Å². The maximum Gasteiger partial charge on any atom is 0.417 e. The summed E-state index contributed by atoms with van der Waals surface area (Å²) in [6.45, 7) is 0. The molecule has 0 saturated heterocycles. The van der Waals surface area contributed by atoms with Crippen molar-refractivity contribution in [2.75, 3.05) is 5.73 Å². The lowest BCUT2D eigenvalue weighted by Gasteiger charge is -2.15. The third-order valence-electron chi connectivity index (χ3n) is 4.06. The van der Waals surface area contributed by atoms with Gasteiger partial charge in [-0.2, -0.15) is 18.4 Å². The first-order valence-electron chi connectivity index (χ1n) is 7.84. The molecule has 6 nitrogen and oxygen atoms in total. The minimum Gasteiger partial charge on any atom is -0.383 e. The maximum atomic E-state index is 13.4. The average molecular weight is 384 g/mol. The molecule has 0 aliphatic carbocycles. The van der Waals surface area contributed by atoms with Crippen LogP contribution in [0.1, 0.15) is 11.1 Å². The van der Waals surface area contributed by atoms with Gasteiger partial charge in [0, 0.05) is 23.3 Å². The first-order chi connectivity index (χ1) is 13.2. The zero-order valence-electron chi connectivity index (χ0n) is 14.1. The Morgan fingerprint density at radius 1 is 1.07 bits per heavy atom. The smallest absolute Gasteiger partial charge is 0.383 e. The van der Waals surface area contributed by atoms with Crippen molar-refractivity contribution in [2.24, 2.45) is 0 Å². The fraction of sp³-hybridized carbons (Fsp3) is 0.0526. The number of rotatable bonds is 3. The van der Waals surface area contributed by atoms with E-state index < -0.39 is 16.7 Å². The molecule has 0 atom stereocenters. The molecule has 0 unspecified atom stereocenters. The lowest BCUT2D eigenvalue weighted by Crippen LogP contribution is -2.08. The van der Waals surface area contributed by atoms with E-state index in [1.165, 1.54) is 48.5 Å². The molecular weight excluding hydrogens is 373 g/mol. The van der Waals surface area contributed by atoms with Crippen molar-refractivity contribution in [3.8, 4) is 28.5 Å². The molecule has 1 heterocycles. The summed E-state index contributed by atoms with van der Waals surface area (Å²) < 4.78 is 40.3. The summed E-state index contributed by atoms with van der Waals surface area (Å²) in [6, 6.07) is 13.3. The van der Waals surface area contributed by atoms with Crippen LogP contribution in [0.2, 0.25) is 0 Å². The quantitative estimate of drug-likeness (QED) is 0.516. The Bertz CT molecular complexity index is 1100. The Labute approximate surface area is 156 Å². The predicted octanol–water partition coefficient (Wildman–Crippen LogP) is 4.80. The van der Waals surface area contributed by atoms with Crippen molar-refractivity contribution in [3.63, 3.8) is 0 Å². The molecule has 28 heavy (non-hydrogen) atoms. The van der Waals surface area contributed by atoms with E-state index >= 15 is 0 Å². The van der Waals surface area contributed by atoms with E-state index in [0.29, 0.717) is 5.56 Å². The number of nitro groups is 1. The predicted molar refractivity (Wildman–Crippen MR) is 95.9 cm³/mol. The van der Waals surface area contributed by atoms with E-state index in [2.05, 4.69) is 4.98 Å². The zero-order chi connectivity index (χ0) is 20.5. The number of alkyl halides is 3. The summed E-state index contributed by atoms with van der Waals surface area (Å²) in [5.41, 5.74) is 4.97. The van der Waals surface area contributed by atoms with Gasteiger partial charge in [-0.25, -0.2) is 4.98 Å². The van der Waals surface area contributed by atoms with Crippen LogP contribution in [0.3, 0.4) is 0 Å². The lowest BCUT2D eigenvalue weighted by molar-refractivity contribution is -0.384. The van der Waals surface area contributed by atoms with Crippen LogP contribution in [0.4, 0.5) is 24.7 Å². The molecule has 2 aromatic carbocycles. The standard InChI is InChI=1S/C19H11F3N4O2/c20-19(21,22)16-4-2-1-3-13(16)14-9-17(25-18(24)15(14)10-23)11-5-7-12(8-6-11)26(27)28/h1-9H,(H2,24,25). The van der Waals surface area contributed by atoms with Crippen molar-refractivity contribution in [2.45, 2.75) is 6.18 Å². The van der Waals surface area contributed by atoms with E-state index in [0.717, 1.165) is 6.07 Å². The second kappa shape index (κ2) is 7.00. The highest BCUT2D eigenvalue weighted by Crippen LogP contribution is 2.40. The van der Waals surface area contributed by atoms with Gasteiger partial charge in [0.2, 0.25) is 0 Å². The Morgan fingerprint density at radius 3 is 2.29 bits per heavy atom. The Balaban J connectivity index is 2.24. The largest absolute Gasteiger partial charge is 0.417 e. The number of benzene rings is 2. The van der Waals surface area contributed by atoms with Gasteiger partial charge in [0.1, 0.15) is 17.5 Å². The minimum atomic E-state index is -4.63. The average Bonchev–Trinajstić information content (AvgIpc) is 2.66. The van der Waals surface area contributed by atoms with Gasteiger partial charge in [-0.05, 0) is 29.8 Å². The number of nitrogen functional groups attached to an aromatic ring is 1. The summed E-state index contributed by atoms with van der Waals surface area (Å²) in [7, 11) is 0. The fourth-order valence-electron chi connectivity index (χ4n) is 2.76. The van der Waals surface area contributed by atoms with Crippen molar-refractivity contribution in [1.82, 2.24) is 4.98 Å². The lowest BCUT2D eigenvalue weighted by atomic mass is 9.94. The molecule has 0 spiro atoms. The highest BCUT2D eigenvalue weighted by atomic mass is 19.4. The summed E-state index contributed by atoms with van der Waals surface area (Å²) in [6.07, 6.45) is -4.63. The number of nitrogens with zero attached hydrogens (tertiary/aromatic N) is 3. The van der Waals surface area contributed by atoms with Crippen molar-refractivity contribution in [3.05, 3.63) is 75.8 Å². The van der Waals surface area contributed by atoms with Crippen LogP contribution in [0, 0.1) is 21.4 Å². The second-order valence-corrected chi connectivity index (χ2v) is 5.77. The molecule has 0 aliphatic heterocycles. The number of nitriles is 1. The number of anilines is 1. The summed E-state index contributed by atoms with van der Waals surface area (Å²) in [4.78, 5) is 14.3. The second-order valence-electron chi connectivity index (χ2n) is 5.77. The maximum absolute atomic E-state index is 13.4. The first kappa shape index (κ1) is 18.8. The van der Waals surface area contributed by atoms with Crippen molar-refractivity contribution in [1.29, 1.82) is 5.26 Å². The van der Waals surface area contributed by atoms with Crippen LogP contribution in [0.25, 0.3) is 22.4 Å². The van der Waals surface area contributed by atoms with Crippen LogP contribution in [-0.4, -0.2) is 9.91 Å². The van der Waals surface area contributed by atoms with E-state index in [-0.39, 0.29) is 33.9 Å². The number of halogens is 3. The van der Waals surface area contributed by atoms with Gasteiger partial charge < -0.3 is 5.73 Å². The van der Waals surface area contributed by atoms with Crippen molar-refractivity contribution >= 4 is 11.5 Å². The van der Waals surface area contributed by atoms with Crippen LogP contribution in [0.15, 0.2) is 54.6 Å². The van der Waals surface area contributed by atoms with Gasteiger partial charge in [0.25, 0.3) is 5.69 Å². The molecule has 0 saturated carbocycles. The Kier molecular flexibility index (Phi) is 4.71. The SMILES string of the molecule is N#Cc1c(-c2ccccc2C(F)(F)F)cc(-c2ccc([N+](=O)[O-])cc2)nc1N. The Morgan fingerprint density at radius 2 is 1.71 bits per heavy atom. The van der Waals surface area contributed by atoms with Crippen molar-refractivity contribution < 1.29 is 18.1 Å². The molecule has 9 heteroatoms. The number of aromatic nitrogens is 1. The molecular formula is C19H11F3N4O2. The number of non-ortho nitro benzene ring substituents is 1. The molecule has 0 amide bonds.